The van der Waals surface area contributed by atoms with Crippen LogP contribution < -0.4 is 0 Å². The van der Waals surface area contributed by atoms with Gasteiger partial charge < -0.3 is 4.98 Å². The molecule has 0 spiro atoms. The van der Waals surface area contributed by atoms with Gasteiger partial charge in [0, 0.05) is 17.8 Å². The van der Waals surface area contributed by atoms with Crippen molar-refractivity contribution in [2.45, 2.75) is 41.5 Å². The Bertz CT molecular complexity index is 283. The number of pyridine rings is 1. The molecule has 2 heteroatoms. The minimum absolute atomic E-state index is 1.09. The van der Waals surface area contributed by atoms with Gasteiger partial charge in [0.25, 0.3) is 0 Å². The summed E-state index contributed by atoms with van der Waals surface area (Å²) in [6, 6.07) is 4.00. The van der Waals surface area contributed by atoms with Gasteiger partial charge in [0.1, 0.15) is 0 Å². The Balaban J connectivity index is 0. The van der Waals surface area contributed by atoms with Crippen molar-refractivity contribution in [1.29, 1.82) is 0 Å². The van der Waals surface area contributed by atoms with Gasteiger partial charge in [-0.05, 0) is 12.1 Å². The summed E-state index contributed by atoms with van der Waals surface area (Å²) in [5.74, 6) is 0. The SMILES string of the molecule is CC.CC.CC.c1cc2cc[nH]c2cn1. The molecule has 1 N–H and O–H groups in total. The van der Waals surface area contributed by atoms with E-state index in [4.69, 9.17) is 0 Å². The van der Waals surface area contributed by atoms with Crippen LogP contribution >= 0.6 is 0 Å². The molecular weight excluding hydrogens is 184 g/mol. The van der Waals surface area contributed by atoms with Crippen molar-refractivity contribution in [2.24, 2.45) is 0 Å². The van der Waals surface area contributed by atoms with Crippen LogP contribution in [-0.2, 0) is 0 Å². The molecule has 2 aromatic rings. The molecular formula is C13H24N2. The van der Waals surface area contributed by atoms with Crippen LogP contribution in [0.5, 0.6) is 0 Å². The molecule has 2 aromatic heterocycles. The Morgan fingerprint density at radius 1 is 0.933 bits per heavy atom. The number of aromatic amines is 1. The summed E-state index contributed by atoms with van der Waals surface area (Å²) in [6.45, 7) is 12.0. The van der Waals surface area contributed by atoms with Crippen LogP contribution in [0.15, 0.2) is 30.7 Å². The van der Waals surface area contributed by atoms with E-state index >= 15 is 0 Å². The van der Waals surface area contributed by atoms with Crippen LogP contribution in [0.25, 0.3) is 10.9 Å². The van der Waals surface area contributed by atoms with E-state index in [1.54, 1.807) is 6.20 Å². The normalized spacial score (nSPS) is 7.33. The second kappa shape index (κ2) is 12.7. The number of hydrogen-bond acceptors (Lipinski definition) is 1. The molecule has 0 aliphatic carbocycles. The highest BCUT2D eigenvalue weighted by molar-refractivity contribution is 5.77. The first kappa shape index (κ1) is 16.1. The fourth-order valence-electron chi connectivity index (χ4n) is 0.892. The molecule has 0 fully saturated rings. The predicted octanol–water partition coefficient (Wildman–Crippen LogP) is 4.64. The highest BCUT2D eigenvalue weighted by Crippen LogP contribution is 2.07. The monoisotopic (exact) mass is 208 g/mol. The first-order valence-electron chi connectivity index (χ1n) is 5.84. The van der Waals surface area contributed by atoms with Crippen molar-refractivity contribution < 1.29 is 0 Å². The van der Waals surface area contributed by atoms with Gasteiger partial charge in [-0.2, -0.15) is 0 Å². The van der Waals surface area contributed by atoms with Crippen LogP contribution in [0.3, 0.4) is 0 Å². The van der Waals surface area contributed by atoms with E-state index in [-0.39, 0.29) is 0 Å². The summed E-state index contributed by atoms with van der Waals surface area (Å²) < 4.78 is 0. The molecule has 0 bridgehead atoms. The number of hydrogen-bond donors (Lipinski definition) is 1. The molecule has 0 amide bonds. The van der Waals surface area contributed by atoms with Gasteiger partial charge in [-0.1, -0.05) is 41.5 Å². The summed E-state index contributed by atoms with van der Waals surface area (Å²) in [5, 5.41) is 1.21. The van der Waals surface area contributed by atoms with Gasteiger partial charge in [-0.25, -0.2) is 0 Å². The lowest BCUT2D eigenvalue weighted by Gasteiger charge is -1.82. The zero-order valence-corrected chi connectivity index (χ0v) is 10.8. The third kappa shape index (κ3) is 5.89. The predicted molar refractivity (Wildman–Crippen MR) is 70.1 cm³/mol. The minimum atomic E-state index is 1.09. The Kier molecular flexibility index (Phi) is 13.6. The van der Waals surface area contributed by atoms with Crippen LogP contribution in [0.4, 0.5) is 0 Å². The maximum Gasteiger partial charge on any atom is 0.0640 e. The summed E-state index contributed by atoms with van der Waals surface area (Å²) in [5.41, 5.74) is 1.09. The second-order valence-electron chi connectivity index (χ2n) is 1.94. The first-order chi connectivity index (χ1) is 7.47. The molecule has 0 atom stereocenters. The Morgan fingerprint density at radius 2 is 1.53 bits per heavy atom. The largest absolute Gasteiger partial charge is 0.360 e. The Labute approximate surface area is 93.7 Å². The van der Waals surface area contributed by atoms with Gasteiger partial charge in [-0.3, -0.25) is 4.98 Å². The molecule has 2 rings (SSSR count). The quantitative estimate of drug-likeness (QED) is 0.671. The molecule has 0 aliphatic heterocycles. The minimum Gasteiger partial charge on any atom is -0.360 e. The lowest BCUT2D eigenvalue weighted by molar-refractivity contribution is 1.34. The molecule has 0 unspecified atom stereocenters. The average Bonchev–Trinajstić information content (AvgIpc) is 2.85. The van der Waals surface area contributed by atoms with E-state index in [0.29, 0.717) is 0 Å². The Morgan fingerprint density at radius 3 is 2.07 bits per heavy atom. The van der Waals surface area contributed by atoms with Crippen molar-refractivity contribution in [3.05, 3.63) is 30.7 Å². The zero-order chi connectivity index (χ0) is 12.1. The van der Waals surface area contributed by atoms with Gasteiger partial charge in [0.15, 0.2) is 0 Å². The Hall–Kier alpha value is -1.31. The molecule has 0 saturated carbocycles. The van der Waals surface area contributed by atoms with Crippen LogP contribution in [0.2, 0.25) is 0 Å². The zero-order valence-electron chi connectivity index (χ0n) is 10.8. The number of fused-ring (bicyclic) bond motifs is 1. The average molecular weight is 208 g/mol. The molecule has 2 nitrogen and oxygen atoms in total. The lowest BCUT2D eigenvalue weighted by Crippen LogP contribution is -1.68. The topological polar surface area (TPSA) is 28.7 Å². The van der Waals surface area contributed by atoms with Crippen molar-refractivity contribution in [1.82, 2.24) is 9.97 Å². The molecule has 0 saturated heterocycles. The highest BCUT2D eigenvalue weighted by atomic mass is 14.7. The first-order valence-corrected chi connectivity index (χ1v) is 5.84. The van der Waals surface area contributed by atoms with Gasteiger partial charge >= 0.3 is 0 Å². The van der Waals surface area contributed by atoms with E-state index in [9.17, 15) is 0 Å². The lowest BCUT2D eigenvalue weighted by atomic mass is 10.3. The van der Waals surface area contributed by atoms with Gasteiger partial charge in [0.2, 0.25) is 0 Å². The third-order valence-corrected chi connectivity index (χ3v) is 1.36. The van der Waals surface area contributed by atoms with Crippen LogP contribution in [0, 0.1) is 0 Å². The highest BCUT2D eigenvalue weighted by Gasteiger charge is 1.87. The van der Waals surface area contributed by atoms with Crippen LogP contribution in [-0.4, -0.2) is 9.97 Å². The summed E-state index contributed by atoms with van der Waals surface area (Å²) in [7, 11) is 0. The number of nitrogens with one attached hydrogen (secondary N) is 1. The van der Waals surface area contributed by atoms with E-state index in [2.05, 4.69) is 9.97 Å². The van der Waals surface area contributed by atoms with Crippen molar-refractivity contribution >= 4 is 10.9 Å². The number of H-pyrrole nitrogens is 1. The van der Waals surface area contributed by atoms with Crippen molar-refractivity contribution in [3.8, 4) is 0 Å². The fraction of sp³-hybridized carbons (Fsp3) is 0.462. The molecule has 0 aliphatic rings. The molecule has 86 valence electrons. The number of rotatable bonds is 0. The molecule has 0 aromatic carbocycles. The molecule has 2 heterocycles. The van der Waals surface area contributed by atoms with E-state index in [1.165, 1.54) is 5.39 Å². The van der Waals surface area contributed by atoms with E-state index < -0.39 is 0 Å². The second-order valence-corrected chi connectivity index (χ2v) is 1.94. The van der Waals surface area contributed by atoms with Crippen molar-refractivity contribution in [3.63, 3.8) is 0 Å². The van der Waals surface area contributed by atoms with Crippen LogP contribution in [0.1, 0.15) is 41.5 Å². The summed E-state index contributed by atoms with van der Waals surface area (Å²) in [6.07, 6.45) is 5.51. The number of aromatic nitrogens is 2. The van der Waals surface area contributed by atoms with Gasteiger partial charge in [-0.15, -0.1) is 0 Å². The van der Waals surface area contributed by atoms with Gasteiger partial charge in [0.05, 0.1) is 11.7 Å². The number of nitrogens with zero attached hydrogens (tertiary/aromatic N) is 1. The summed E-state index contributed by atoms with van der Waals surface area (Å²) in [4.78, 5) is 7.01. The maximum absolute atomic E-state index is 3.95. The molecule has 15 heavy (non-hydrogen) atoms. The molecule has 0 radical (unpaired) electrons. The standard InChI is InChI=1S/C7H6N2.3C2H6/c1-3-8-5-7-6(1)2-4-9-7;3*1-2/h1-5,9H;3*1-2H3. The maximum atomic E-state index is 3.95. The van der Waals surface area contributed by atoms with E-state index in [1.807, 2.05) is 66.1 Å². The fourth-order valence-corrected chi connectivity index (χ4v) is 0.892. The smallest absolute Gasteiger partial charge is 0.0640 e. The van der Waals surface area contributed by atoms with Crippen molar-refractivity contribution in [2.75, 3.05) is 0 Å². The third-order valence-electron chi connectivity index (χ3n) is 1.36. The summed E-state index contributed by atoms with van der Waals surface area (Å²) >= 11 is 0. The van der Waals surface area contributed by atoms with E-state index in [0.717, 1.165) is 5.52 Å².